The molecule has 6 aliphatic rings. The van der Waals surface area contributed by atoms with Crippen LogP contribution in [0.5, 0.6) is 0 Å². The normalized spacial score (nSPS) is 33.9. The Bertz CT molecular complexity index is 3240. The zero-order valence-electron chi connectivity index (χ0n) is 62.8. The van der Waals surface area contributed by atoms with Gasteiger partial charge in [0.25, 0.3) is 0 Å². The maximum absolute atomic E-state index is 14.6. The van der Waals surface area contributed by atoms with E-state index < -0.39 is 164 Å². The van der Waals surface area contributed by atoms with Crippen molar-refractivity contribution in [3.05, 3.63) is 82.2 Å². The molecule has 105 heavy (non-hydrogen) atoms. The van der Waals surface area contributed by atoms with Crippen molar-refractivity contribution >= 4 is 80.7 Å². The van der Waals surface area contributed by atoms with Crippen LogP contribution < -0.4 is 0 Å². The summed E-state index contributed by atoms with van der Waals surface area (Å²) in [4.78, 5) is 87.4. The molecule has 35 heteroatoms. The van der Waals surface area contributed by atoms with E-state index in [-0.39, 0.29) is 86.4 Å². The minimum absolute atomic E-state index is 0.00876. The summed E-state index contributed by atoms with van der Waals surface area (Å²) in [6.45, 7) is 21.2. The number of carbonyl (C=O) groups excluding carboxylic acids is 6. The van der Waals surface area contributed by atoms with E-state index in [4.69, 9.17) is 75.8 Å². The van der Waals surface area contributed by atoms with E-state index in [9.17, 15) is 43.7 Å². The zero-order valence-corrected chi connectivity index (χ0v) is 64.8. The van der Waals surface area contributed by atoms with Crippen LogP contribution in [-0.2, 0) is 122 Å². The molecule has 1 amide bonds. The maximum atomic E-state index is 14.6. The topological polar surface area (TPSA) is 339 Å². The van der Waals surface area contributed by atoms with Crippen molar-refractivity contribution in [2.75, 3.05) is 47.1 Å². The van der Waals surface area contributed by atoms with Gasteiger partial charge >= 0.3 is 408 Å². The Morgan fingerprint density at radius 3 is 1.88 bits per heavy atom. The molecule has 0 radical (unpaired) electrons. The fourth-order valence-electron chi connectivity index (χ4n) is 15.0. The number of likely N-dealkylation sites (N-methyl/N-ethyl adjacent to an activating group) is 1. The second kappa shape index (κ2) is 40.4. The Balaban J connectivity index is 1.11. The molecule has 6 heterocycles. The molecule has 6 aliphatic heterocycles. The van der Waals surface area contributed by atoms with Crippen molar-refractivity contribution in [3.8, 4) is 0 Å². The summed E-state index contributed by atoms with van der Waals surface area (Å²) >= 11 is 0. The SMILES string of the molecule is CC[C@H](C)C1O[C@H](O[C@H]2C([C@H]3COC(C)(C)O3)O[C@@](OCC3CCC(CCN(Cc4ccccc4)C(=O)OCc4ccccc4)CN3C)(C(=O)OC)C[C@H]2C)C(OC(C)=O)[C@@H](O[C@H]2O[C@@H]([C@@H](C)CC)[C@@H](PBB=O)C(C)C2O[C@H]2OC(COC(C)=O)[C@@H](OC(C)=O)C(OC(C)=O)[C@H]2N=[N+]=[N-])[C@@H]1PBB=O. The van der Waals surface area contributed by atoms with Crippen LogP contribution in [0.25, 0.3) is 10.4 Å². The summed E-state index contributed by atoms with van der Waals surface area (Å²) in [6, 6.07) is 17.6. The van der Waals surface area contributed by atoms with Gasteiger partial charge in [0, 0.05) is 39.5 Å². The Morgan fingerprint density at radius 1 is 0.724 bits per heavy atom. The molecular weight excluding hydrogens is 1400 g/mol. The van der Waals surface area contributed by atoms with Crippen LogP contribution in [0.3, 0.4) is 0 Å². The summed E-state index contributed by atoms with van der Waals surface area (Å²) in [5.41, 5.74) is 10.9. The number of carbonyl (C=O) groups is 6. The zero-order chi connectivity index (χ0) is 76.3. The van der Waals surface area contributed by atoms with Crippen molar-refractivity contribution in [3.63, 3.8) is 0 Å². The third kappa shape index (κ3) is 22.9. The standard InChI is InChI=1S/C70H105B4N5O24P2/c1-15-38(3)54-62(104-73-71-86)41(6)56(100-64-52(76-77-75)59(94-44(9)82)57(93-43(8)81)50(96-64)36-89-42(7)80)65(98-54)101-60-61(95-45(10)83)66(99-55(39(4)16-2)63(60)105-74-72-87)97-53-40(5)31-70(67(84)88-14,103-58(53)51-37-91-69(11,12)102-51)92-35-49-28-27-47(32-78(49)13)29-30-79(33-46-23-19-17-20-24-46)68(85)90-34-48-25-21-18-22-26-48/h17-26,38-41,47,49-66,73-74,104-105H,15-16,27-37H2,1-14H3/t38-,39-,40+,41?,47?,49?,50?,51+,52+,53+,54-,55?,56?,57+,58?,59?,60+,61?,62-,63+,64+,65+,66-,70+/m0/s1. The van der Waals surface area contributed by atoms with Crippen molar-refractivity contribution in [2.24, 2.45) is 34.7 Å². The van der Waals surface area contributed by atoms with E-state index in [1.165, 1.54) is 14.0 Å². The van der Waals surface area contributed by atoms with Crippen LogP contribution >= 0.6 is 16.9 Å². The van der Waals surface area contributed by atoms with Gasteiger partial charge in [-0.3, -0.25) is 9.59 Å². The van der Waals surface area contributed by atoms with Crippen LogP contribution in [0.1, 0.15) is 133 Å². The number of rotatable bonds is 34. The van der Waals surface area contributed by atoms with Gasteiger partial charge in [-0.15, -0.1) is 0 Å². The summed E-state index contributed by atoms with van der Waals surface area (Å²) < 4.78 is 129. The van der Waals surface area contributed by atoms with E-state index in [0.29, 0.717) is 45.3 Å². The molecule has 576 valence electrons. The molecule has 6 fully saturated rings. The molecule has 8 rings (SSSR count). The van der Waals surface area contributed by atoms with Crippen LogP contribution in [0.4, 0.5) is 4.79 Å². The molecule has 0 aromatic heterocycles. The Morgan fingerprint density at radius 2 is 1.30 bits per heavy atom. The Hall–Kier alpha value is -5.35. The second-order valence-corrected chi connectivity index (χ2v) is 31.8. The number of amides is 1. The monoisotopic (exact) mass is 1510 g/mol. The number of likely N-dealkylation sites (tertiary alicyclic amines) is 1. The molecule has 11 unspecified atom stereocenters. The van der Waals surface area contributed by atoms with Gasteiger partial charge in [-0.05, 0) is 57.2 Å². The molecule has 2 aromatic carbocycles. The average molecular weight is 1510 g/mol. The van der Waals surface area contributed by atoms with E-state index in [1.807, 2.05) is 109 Å². The molecule has 26 atom stereocenters. The molecule has 29 nitrogen and oxygen atoms in total. The Kier molecular flexibility index (Phi) is 32.8. The van der Waals surface area contributed by atoms with Gasteiger partial charge < -0.3 is 19.3 Å². The van der Waals surface area contributed by atoms with Gasteiger partial charge in [0.15, 0.2) is 0 Å². The quantitative estimate of drug-likeness (QED) is 0.0127. The third-order valence-corrected chi connectivity index (χ3v) is 23.9. The molecule has 0 spiro atoms. The average Bonchev–Trinajstić information content (AvgIpc) is 1.64. The number of methoxy groups -OCH3 is 1. The number of esters is 5. The minimum atomic E-state index is -2.01. The molecule has 6 saturated heterocycles. The van der Waals surface area contributed by atoms with Crippen LogP contribution in [0.15, 0.2) is 65.8 Å². The van der Waals surface area contributed by atoms with Crippen molar-refractivity contribution in [1.29, 1.82) is 0 Å². The van der Waals surface area contributed by atoms with Gasteiger partial charge in [0.2, 0.25) is 0 Å². The molecule has 0 bridgehead atoms. The Labute approximate surface area is 621 Å². The second-order valence-electron chi connectivity index (χ2n) is 28.8. The summed E-state index contributed by atoms with van der Waals surface area (Å²) in [7, 11) is 4.66. The van der Waals surface area contributed by atoms with E-state index in [0.717, 1.165) is 52.4 Å². The van der Waals surface area contributed by atoms with Crippen LogP contribution in [0, 0.1) is 29.6 Å². The first-order chi connectivity index (χ1) is 50.2. The molecule has 0 aliphatic carbocycles. The number of hydrogen-bond acceptors (Lipinski definition) is 26. The van der Waals surface area contributed by atoms with E-state index in [1.54, 1.807) is 18.7 Å². The van der Waals surface area contributed by atoms with Crippen molar-refractivity contribution < 1.29 is 114 Å². The number of ether oxygens (including phenoxy) is 16. The number of piperidine rings is 1. The van der Waals surface area contributed by atoms with Gasteiger partial charge in [-0.25, -0.2) is 9.59 Å². The van der Waals surface area contributed by atoms with E-state index in [2.05, 4.69) is 14.9 Å². The number of hydrogen-bond donors (Lipinski definition) is 0. The van der Waals surface area contributed by atoms with Crippen LogP contribution in [0.2, 0.25) is 0 Å². The summed E-state index contributed by atoms with van der Waals surface area (Å²) in [5, 5.41) is 4.01. The predicted molar refractivity (Wildman–Crippen MR) is 388 cm³/mol. The van der Waals surface area contributed by atoms with Crippen molar-refractivity contribution in [2.45, 2.75) is 256 Å². The third-order valence-electron chi connectivity index (χ3n) is 20.7. The number of azide groups is 1. The van der Waals surface area contributed by atoms with E-state index >= 15 is 0 Å². The molecule has 0 N–H and O–H groups in total. The van der Waals surface area contributed by atoms with Gasteiger partial charge in [-0.2, -0.15) is 0 Å². The first-order valence-electron chi connectivity index (χ1n) is 36.5. The first-order valence-corrected chi connectivity index (χ1v) is 39.1. The number of nitrogens with zero attached hydrogens (tertiary/aromatic N) is 5. The fraction of sp³-hybridized carbons (Fsp3) is 0.743. The van der Waals surface area contributed by atoms with Crippen molar-refractivity contribution in [1.82, 2.24) is 9.80 Å². The first kappa shape index (κ1) is 85.3. The molecule has 0 saturated carbocycles. The molecule has 2 aromatic rings. The van der Waals surface area contributed by atoms with Gasteiger partial charge in [0.1, 0.15) is 6.61 Å². The van der Waals surface area contributed by atoms with Crippen LogP contribution in [-0.4, -0.2) is 242 Å². The predicted octanol–water partition coefficient (Wildman–Crippen LogP) is 7.21. The summed E-state index contributed by atoms with van der Waals surface area (Å²) in [5.74, 6) is -8.58. The van der Waals surface area contributed by atoms with Gasteiger partial charge in [-0.1, -0.05) is 60.7 Å². The fourth-order valence-corrected chi connectivity index (χ4v) is 18.1. The summed E-state index contributed by atoms with van der Waals surface area (Å²) in [6.07, 6.45) is -14.7. The molecular formula is C70H105B4N5O24P2. The number of benzene rings is 2. The van der Waals surface area contributed by atoms with Gasteiger partial charge in [0.05, 0.1) is 13.7 Å².